The molecule has 6 heteroatoms. The number of carboxylic acids is 1. The summed E-state index contributed by atoms with van der Waals surface area (Å²) < 4.78 is 19.3. The Kier molecular flexibility index (Phi) is 3.61. The number of halogens is 1. The van der Waals surface area contributed by atoms with Crippen LogP contribution in [0.15, 0.2) is 12.1 Å². The first-order valence-electron chi connectivity index (χ1n) is 6.11. The summed E-state index contributed by atoms with van der Waals surface area (Å²) in [6.07, 6.45) is 0.0377. The van der Waals surface area contributed by atoms with Gasteiger partial charge in [0.25, 0.3) is 0 Å². The number of hydrogen-bond donors (Lipinski definition) is 2. The van der Waals surface area contributed by atoms with Crippen molar-refractivity contribution in [3.63, 3.8) is 0 Å². The fourth-order valence-electron chi connectivity index (χ4n) is 2.39. The lowest BCUT2D eigenvalue weighted by atomic mass is 10.1. The molecule has 1 aromatic rings. The van der Waals surface area contributed by atoms with Gasteiger partial charge in [0, 0.05) is 19.2 Å². The number of ether oxygens (including phenoxy) is 1. The molecular weight excluding hydrogens is 251 g/mol. The maximum Gasteiger partial charge on any atom is 0.338 e. The van der Waals surface area contributed by atoms with Gasteiger partial charge < -0.3 is 20.5 Å². The molecule has 1 saturated heterocycles. The van der Waals surface area contributed by atoms with Crippen molar-refractivity contribution in [2.24, 2.45) is 0 Å². The number of hydrogen-bond acceptors (Lipinski definition) is 4. The molecule has 2 atom stereocenters. The molecule has 2 unspecified atom stereocenters. The molecule has 0 aliphatic carbocycles. The van der Waals surface area contributed by atoms with Gasteiger partial charge >= 0.3 is 5.97 Å². The number of anilines is 2. The Labute approximate surface area is 110 Å². The number of carbonyl (C=O) groups is 1. The van der Waals surface area contributed by atoms with Crippen molar-refractivity contribution in [3.05, 3.63) is 23.5 Å². The van der Waals surface area contributed by atoms with Crippen LogP contribution in [0.4, 0.5) is 15.8 Å². The van der Waals surface area contributed by atoms with Crippen molar-refractivity contribution in [3.8, 4) is 0 Å². The number of aromatic carboxylic acids is 1. The van der Waals surface area contributed by atoms with Gasteiger partial charge in [-0.05, 0) is 19.9 Å². The second-order valence-corrected chi connectivity index (χ2v) is 4.86. The fourth-order valence-corrected chi connectivity index (χ4v) is 2.39. The monoisotopic (exact) mass is 268 g/mol. The molecule has 5 nitrogen and oxygen atoms in total. The van der Waals surface area contributed by atoms with Crippen LogP contribution in [0.1, 0.15) is 24.2 Å². The predicted octanol–water partition coefficient (Wildman–Crippen LogP) is 1.72. The zero-order valence-corrected chi connectivity index (χ0v) is 10.9. The smallest absolute Gasteiger partial charge is 0.338 e. The third-order valence-electron chi connectivity index (χ3n) is 3.11. The minimum atomic E-state index is -1.32. The Morgan fingerprint density at radius 2 is 2.00 bits per heavy atom. The molecule has 1 aliphatic rings. The van der Waals surface area contributed by atoms with E-state index in [1.807, 2.05) is 18.7 Å². The van der Waals surface area contributed by atoms with Gasteiger partial charge in [-0.3, -0.25) is 0 Å². The van der Waals surface area contributed by atoms with Crippen LogP contribution in [0.2, 0.25) is 0 Å². The number of morpholine rings is 1. The first-order chi connectivity index (χ1) is 8.88. The van der Waals surface area contributed by atoms with E-state index in [1.165, 1.54) is 6.07 Å². The molecule has 2 rings (SSSR count). The molecule has 104 valence electrons. The average Bonchev–Trinajstić information content (AvgIpc) is 2.30. The quantitative estimate of drug-likeness (QED) is 0.799. The molecule has 19 heavy (non-hydrogen) atoms. The highest BCUT2D eigenvalue weighted by Gasteiger charge is 2.25. The third kappa shape index (κ3) is 2.78. The van der Waals surface area contributed by atoms with E-state index in [0.717, 1.165) is 6.07 Å². The number of benzene rings is 1. The molecule has 3 N–H and O–H groups in total. The lowest BCUT2D eigenvalue weighted by Crippen LogP contribution is -2.45. The van der Waals surface area contributed by atoms with Crippen molar-refractivity contribution in [1.29, 1.82) is 0 Å². The van der Waals surface area contributed by atoms with Crippen LogP contribution in [0.25, 0.3) is 0 Å². The number of nitrogen functional groups attached to an aromatic ring is 1. The van der Waals surface area contributed by atoms with Crippen LogP contribution in [0.3, 0.4) is 0 Å². The SMILES string of the molecule is CC1CN(c2cc(F)c(C(=O)O)cc2N)CC(C)O1. The van der Waals surface area contributed by atoms with E-state index in [0.29, 0.717) is 18.8 Å². The minimum Gasteiger partial charge on any atom is -0.478 e. The summed E-state index contributed by atoms with van der Waals surface area (Å²) >= 11 is 0. The zero-order valence-electron chi connectivity index (χ0n) is 10.9. The third-order valence-corrected chi connectivity index (χ3v) is 3.11. The summed E-state index contributed by atoms with van der Waals surface area (Å²) in [5, 5.41) is 8.85. The predicted molar refractivity (Wildman–Crippen MR) is 70.0 cm³/mol. The maximum atomic E-state index is 13.7. The molecule has 1 fully saturated rings. The van der Waals surface area contributed by atoms with E-state index in [9.17, 15) is 9.18 Å². The van der Waals surface area contributed by atoms with E-state index in [1.54, 1.807) is 0 Å². The Morgan fingerprint density at radius 3 is 2.53 bits per heavy atom. The van der Waals surface area contributed by atoms with Gasteiger partial charge in [-0.2, -0.15) is 0 Å². The first kappa shape index (κ1) is 13.6. The summed E-state index contributed by atoms with van der Waals surface area (Å²) in [5.41, 5.74) is 6.21. The van der Waals surface area contributed by atoms with Gasteiger partial charge in [0.05, 0.1) is 29.1 Å². The Hall–Kier alpha value is -1.82. The number of nitrogens with two attached hydrogens (primary N) is 1. The Bertz CT molecular complexity index is 497. The lowest BCUT2D eigenvalue weighted by Gasteiger charge is -2.37. The highest BCUT2D eigenvalue weighted by molar-refractivity contribution is 5.91. The summed E-state index contributed by atoms with van der Waals surface area (Å²) in [6, 6.07) is 2.35. The van der Waals surface area contributed by atoms with Crippen molar-refractivity contribution >= 4 is 17.3 Å². The molecule has 1 aromatic carbocycles. The molecule has 0 saturated carbocycles. The second kappa shape index (κ2) is 5.05. The molecule has 0 spiro atoms. The second-order valence-electron chi connectivity index (χ2n) is 4.86. The molecular formula is C13H17FN2O3. The maximum absolute atomic E-state index is 13.7. The van der Waals surface area contributed by atoms with Crippen molar-refractivity contribution in [2.45, 2.75) is 26.1 Å². The first-order valence-corrected chi connectivity index (χ1v) is 6.11. The van der Waals surface area contributed by atoms with Crippen LogP contribution in [-0.4, -0.2) is 36.4 Å². The van der Waals surface area contributed by atoms with Gasteiger partial charge in [0.1, 0.15) is 5.82 Å². The largest absolute Gasteiger partial charge is 0.478 e. The van der Waals surface area contributed by atoms with Crippen molar-refractivity contribution in [2.75, 3.05) is 23.7 Å². The van der Waals surface area contributed by atoms with Crippen LogP contribution in [0.5, 0.6) is 0 Å². The molecule has 0 amide bonds. The average molecular weight is 268 g/mol. The summed E-state index contributed by atoms with van der Waals surface area (Å²) in [5.74, 6) is -2.09. The van der Waals surface area contributed by atoms with Gasteiger partial charge in [0.2, 0.25) is 0 Å². The van der Waals surface area contributed by atoms with Crippen molar-refractivity contribution in [1.82, 2.24) is 0 Å². The van der Waals surface area contributed by atoms with Gasteiger partial charge in [-0.15, -0.1) is 0 Å². The normalized spacial score (nSPS) is 23.4. The van der Waals surface area contributed by atoms with E-state index < -0.39 is 17.3 Å². The molecule has 1 heterocycles. The molecule has 0 aromatic heterocycles. The van der Waals surface area contributed by atoms with Crippen LogP contribution in [-0.2, 0) is 4.74 Å². The lowest BCUT2D eigenvalue weighted by molar-refractivity contribution is -0.00519. The molecule has 0 radical (unpaired) electrons. The van der Waals surface area contributed by atoms with E-state index >= 15 is 0 Å². The number of nitrogens with zero attached hydrogens (tertiary/aromatic N) is 1. The summed E-state index contributed by atoms with van der Waals surface area (Å²) in [7, 11) is 0. The topological polar surface area (TPSA) is 75.8 Å². The number of rotatable bonds is 2. The zero-order chi connectivity index (χ0) is 14.2. The van der Waals surface area contributed by atoms with Gasteiger partial charge in [-0.25, -0.2) is 9.18 Å². The molecule has 1 aliphatic heterocycles. The van der Waals surface area contributed by atoms with Crippen LogP contribution in [0, 0.1) is 5.82 Å². The van der Waals surface area contributed by atoms with Gasteiger partial charge in [0.15, 0.2) is 0 Å². The highest BCUT2D eigenvalue weighted by Crippen LogP contribution is 2.29. The minimum absolute atomic E-state index is 0.0189. The van der Waals surface area contributed by atoms with E-state index in [-0.39, 0.29) is 17.9 Å². The summed E-state index contributed by atoms with van der Waals surface area (Å²) in [4.78, 5) is 12.8. The number of carboxylic acid groups (broad SMARTS) is 1. The molecule has 0 bridgehead atoms. The van der Waals surface area contributed by atoms with Gasteiger partial charge in [-0.1, -0.05) is 0 Å². The standard InChI is InChI=1S/C13H17FN2O3/c1-7-5-16(6-8(2)19-7)12-4-10(14)9(13(17)18)3-11(12)15/h3-4,7-8H,5-6,15H2,1-2H3,(H,17,18). The fraction of sp³-hybridized carbons (Fsp3) is 0.462. The van der Waals surface area contributed by atoms with Crippen LogP contribution < -0.4 is 10.6 Å². The Morgan fingerprint density at radius 1 is 1.42 bits per heavy atom. The summed E-state index contributed by atoms with van der Waals surface area (Å²) in [6.45, 7) is 5.06. The van der Waals surface area contributed by atoms with E-state index in [2.05, 4.69) is 0 Å². The Balaban J connectivity index is 2.35. The van der Waals surface area contributed by atoms with E-state index in [4.69, 9.17) is 15.6 Å². The highest BCUT2D eigenvalue weighted by atomic mass is 19.1. The van der Waals surface area contributed by atoms with Crippen molar-refractivity contribution < 1.29 is 19.0 Å². The van der Waals surface area contributed by atoms with Crippen LogP contribution >= 0.6 is 0 Å².